The Kier molecular flexibility index (Phi) is 2.63. The summed E-state index contributed by atoms with van der Waals surface area (Å²) in [6, 6.07) is 12.0. The Hall–Kier alpha value is -2.45. The molecule has 0 unspecified atom stereocenters. The average Bonchev–Trinajstić information content (AvgIpc) is 2.87. The SMILES string of the molecule is N#Cc1cnc(Nc2nccc3ccccc23)s1. The van der Waals surface area contributed by atoms with Gasteiger partial charge in [0.2, 0.25) is 0 Å². The number of thiazole rings is 1. The fraction of sp³-hybridized carbons (Fsp3) is 0. The van der Waals surface area contributed by atoms with E-state index in [2.05, 4.69) is 21.4 Å². The van der Waals surface area contributed by atoms with E-state index >= 15 is 0 Å². The van der Waals surface area contributed by atoms with Gasteiger partial charge in [0.1, 0.15) is 16.8 Å². The molecular formula is C13H8N4S. The number of aromatic nitrogens is 2. The lowest BCUT2D eigenvalue weighted by atomic mass is 10.2. The second kappa shape index (κ2) is 4.43. The first-order chi connectivity index (χ1) is 8.86. The van der Waals surface area contributed by atoms with Gasteiger partial charge in [0.15, 0.2) is 5.13 Å². The van der Waals surface area contributed by atoms with Crippen molar-refractivity contribution in [2.24, 2.45) is 0 Å². The van der Waals surface area contributed by atoms with E-state index in [0.29, 0.717) is 10.0 Å². The highest BCUT2D eigenvalue weighted by Crippen LogP contribution is 2.26. The summed E-state index contributed by atoms with van der Waals surface area (Å²) in [7, 11) is 0. The number of benzene rings is 1. The van der Waals surface area contributed by atoms with E-state index in [1.165, 1.54) is 11.3 Å². The minimum atomic E-state index is 0.581. The Labute approximate surface area is 108 Å². The molecule has 0 spiro atoms. The molecule has 1 N–H and O–H groups in total. The Morgan fingerprint density at radius 2 is 2.06 bits per heavy atom. The van der Waals surface area contributed by atoms with E-state index in [4.69, 9.17) is 5.26 Å². The van der Waals surface area contributed by atoms with Gasteiger partial charge >= 0.3 is 0 Å². The van der Waals surface area contributed by atoms with Crippen LogP contribution in [0.15, 0.2) is 42.7 Å². The Morgan fingerprint density at radius 1 is 1.17 bits per heavy atom. The summed E-state index contributed by atoms with van der Waals surface area (Å²) in [5.74, 6) is 0.756. The number of nitrogens with zero attached hydrogens (tertiary/aromatic N) is 3. The van der Waals surface area contributed by atoms with Crippen LogP contribution in [0.3, 0.4) is 0 Å². The first-order valence-electron chi connectivity index (χ1n) is 5.33. The number of hydrogen-bond donors (Lipinski definition) is 1. The fourth-order valence-corrected chi connectivity index (χ4v) is 2.32. The summed E-state index contributed by atoms with van der Waals surface area (Å²) in [6.07, 6.45) is 3.31. The summed E-state index contributed by atoms with van der Waals surface area (Å²) in [5, 5.41) is 14.7. The maximum Gasteiger partial charge on any atom is 0.189 e. The third kappa shape index (κ3) is 1.90. The van der Waals surface area contributed by atoms with Crippen LogP contribution in [0.2, 0.25) is 0 Å². The zero-order valence-corrected chi connectivity index (χ0v) is 10.1. The summed E-state index contributed by atoms with van der Waals surface area (Å²) < 4.78 is 0. The van der Waals surface area contributed by atoms with Crippen LogP contribution in [0.5, 0.6) is 0 Å². The highest BCUT2D eigenvalue weighted by atomic mass is 32.1. The molecule has 1 aromatic carbocycles. The summed E-state index contributed by atoms with van der Waals surface area (Å²) in [6.45, 7) is 0. The molecule has 0 saturated heterocycles. The molecule has 0 amide bonds. The molecule has 2 aromatic heterocycles. The third-order valence-corrected chi connectivity index (χ3v) is 3.33. The van der Waals surface area contributed by atoms with E-state index in [1.54, 1.807) is 12.4 Å². The van der Waals surface area contributed by atoms with Crippen LogP contribution in [0.25, 0.3) is 10.8 Å². The standard InChI is InChI=1S/C13H8N4S/c14-7-10-8-16-13(18-10)17-12-11-4-2-1-3-9(11)5-6-15-12/h1-6,8H,(H,15,16,17). The number of nitriles is 1. The van der Waals surface area contributed by atoms with E-state index in [1.807, 2.05) is 30.3 Å². The molecule has 5 heteroatoms. The summed E-state index contributed by atoms with van der Waals surface area (Å²) in [5.41, 5.74) is 0. The van der Waals surface area contributed by atoms with Crippen LogP contribution >= 0.6 is 11.3 Å². The molecule has 0 fully saturated rings. The number of rotatable bonds is 2. The normalized spacial score (nSPS) is 10.2. The van der Waals surface area contributed by atoms with Crippen molar-refractivity contribution in [1.82, 2.24) is 9.97 Å². The highest BCUT2D eigenvalue weighted by Gasteiger charge is 2.05. The van der Waals surface area contributed by atoms with Crippen molar-refractivity contribution < 1.29 is 0 Å². The van der Waals surface area contributed by atoms with Crippen molar-refractivity contribution in [2.75, 3.05) is 5.32 Å². The van der Waals surface area contributed by atoms with Crippen LogP contribution in [-0.2, 0) is 0 Å². The molecule has 0 saturated carbocycles. The zero-order chi connectivity index (χ0) is 12.4. The Bertz CT molecular complexity index is 737. The second-order valence-electron chi connectivity index (χ2n) is 3.65. The monoisotopic (exact) mass is 252 g/mol. The van der Waals surface area contributed by atoms with Crippen molar-refractivity contribution in [2.45, 2.75) is 0 Å². The van der Waals surface area contributed by atoms with E-state index in [-0.39, 0.29) is 0 Å². The lowest BCUT2D eigenvalue weighted by molar-refractivity contribution is 1.31. The number of fused-ring (bicyclic) bond motifs is 1. The lowest BCUT2D eigenvalue weighted by Gasteiger charge is -2.05. The number of hydrogen-bond acceptors (Lipinski definition) is 5. The molecule has 4 nitrogen and oxygen atoms in total. The van der Waals surface area contributed by atoms with Gasteiger partial charge in [-0.25, -0.2) is 9.97 Å². The van der Waals surface area contributed by atoms with Gasteiger partial charge in [0.25, 0.3) is 0 Å². The Balaban J connectivity index is 2.02. The van der Waals surface area contributed by atoms with Gasteiger partial charge in [-0.1, -0.05) is 35.6 Å². The Morgan fingerprint density at radius 3 is 2.89 bits per heavy atom. The third-order valence-electron chi connectivity index (χ3n) is 2.51. The average molecular weight is 252 g/mol. The van der Waals surface area contributed by atoms with E-state index in [9.17, 15) is 0 Å². The largest absolute Gasteiger partial charge is 0.316 e. The predicted molar refractivity (Wildman–Crippen MR) is 71.9 cm³/mol. The molecular weight excluding hydrogens is 244 g/mol. The molecule has 0 aliphatic carbocycles. The van der Waals surface area contributed by atoms with Crippen molar-refractivity contribution >= 4 is 33.1 Å². The van der Waals surface area contributed by atoms with Gasteiger partial charge in [-0.05, 0) is 11.5 Å². The van der Waals surface area contributed by atoms with Gasteiger partial charge in [0.05, 0.1) is 6.20 Å². The number of anilines is 2. The molecule has 86 valence electrons. The molecule has 0 radical (unpaired) electrons. The van der Waals surface area contributed by atoms with Gasteiger partial charge in [-0.15, -0.1) is 0 Å². The maximum absolute atomic E-state index is 8.77. The minimum Gasteiger partial charge on any atom is -0.316 e. The molecule has 3 aromatic rings. The molecule has 0 atom stereocenters. The lowest BCUT2D eigenvalue weighted by Crippen LogP contribution is -1.93. The van der Waals surface area contributed by atoms with E-state index in [0.717, 1.165) is 16.6 Å². The van der Waals surface area contributed by atoms with Gasteiger partial charge < -0.3 is 5.32 Å². The summed E-state index contributed by atoms with van der Waals surface area (Å²) >= 11 is 1.31. The van der Waals surface area contributed by atoms with Gasteiger partial charge in [-0.3, -0.25) is 0 Å². The van der Waals surface area contributed by atoms with Crippen molar-refractivity contribution in [3.63, 3.8) is 0 Å². The maximum atomic E-state index is 8.77. The van der Waals surface area contributed by atoms with Crippen LogP contribution < -0.4 is 5.32 Å². The molecule has 2 heterocycles. The fourth-order valence-electron chi connectivity index (χ4n) is 1.70. The van der Waals surface area contributed by atoms with Gasteiger partial charge in [0, 0.05) is 11.6 Å². The molecule has 0 aliphatic rings. The minimum absolute atomic E-state index is 0.581. The van der Waals surface area contributed by atoms with Crippen LogP contribution in [0, 0.1) is 11.3 Å². The van der Waals surface area contributed by atoms with E-state index < -0.39 is 0 Å². The predicted octanol–water partition coefficient (Wildman–Crippen LogP) is 3.31. The smallest absolute Gasteiger partial charge is 0.189 e. The summed E-state index contributed by atoms with van der Waals surface area (Å²) in [4.78, 5) is 9.03. The first-order valence-corrected chi connectivity index (χ1v) is 6.15. The van der Waals surface area contributed by atoms with Crippen molar-refractivity contribution in [3.05, 3.63) is 47.6 Å². The van der Waals surface area contributed by atoms with Crippen LogP contribution in [0.1, 0.15) is 4.88 Å². The number of nitrogens with one attached hydrogen (secondary N) is 1. The van der Waals surface area contributed by atoms with Crippen LogP contribution in [0.4, 0.5) is 10.9 Å². The van der Waals surface area contributed by atoms with Gasteiger partial charge in [-0.2, -0.15) is 5.26 Å². The second-order valence-corrected chi connectivity index (χ2v) is 4.68. The first kappa shape index (κ1) is 10.7. The molecule has 18 heavy (non-hydrogen) atoms. The highest BCUT2D eigenvalue weighted by molar-refractivity contribution is 7.16. The quantitative estimate of drug-likeness (QED) is 0.760. The zero-order valence-electron chi connectivity index (χ0n) is 9.29. The van der Waals surface area contributed by atoms with Crippen LogP contribution in [-0.4, -0.2) is 9.97 Å². The molecule has 3 rings (SSSR count). The van der Waals surface area contributed by atoms with Crippen molar-refractivity contribution in [1.29, 1.82) is 5.26 Å². The number of pyridine rings is 1. The topological polar surface area (TPSA) is 61.6 Å². The van der Waals surface area contributed by atoms with Crippen molar-refractivity contribution in [3.8, 4) is 6.07 Å². The molecule has 0 aliphatic heterocycles. The molecule has 0 bridgehead atoms.